The zero-order valence-electron chi connectivity index (χ0n) is 18.1. The molecule has 1 aliphatic rings. The molecule has 5 nitrogen and oxygen atoms in total. The van der Waals surface area contributed by atoms with E-state index in [0.29, 0.717) is 17.7 Å². The van der Waals surface area contributed by atoms with Gasteiger partial charge in [-0.3, -0.25) is 9.59 Å². The molecular formula is C25H33N3O2. The summed E-state index contributed by atoms with van der Waals surface area (Å²) in [5, 5.41) is 6.08. The van der Waals surface area contributed by atoms with Crippen molar-refractivity contribution in [2.75, 3.05) is 23.3 Å². The number of hydrogen-bond donors (Lipinski definition) is 2. The van der Waals surface area contributed by atoms with Gasteiger partial charge in [0.15, 0.2) is 0 Å². The fourth-order valence-electron chi connectivity index (χ4n) is 3.89. The van der Waals surface area contributed by atoms with Crippen LogP contribution in [-0.2, 0) is 4.79 Å². The number of anilines is 2. The zero-order chi connectivity index (χ0) is 21.3. The molecule has 3 rings (SSSR count). The molecule has 0 aliphatic carbocycles. The number of hydrogen-bond acceptors (Lipinski definition) is 3. The number of carbonyl (C=O) groups excluding carboxylic acids is 2. The Labute approximate surface area is 179 Å². The third kappa shape index (κ3) is 5.85. The second-order valence-electron chi connectivity index (χ2n) is 8.04. The first-order chi connectivity index (χ1) is 14.6. The molecule has 2 aromatic rings. The van der Waals surface area contributed by atoms with Gasteiger partial charge in [-0.1, -0.05) is 50.1 Å². The Hall–Kier alpha value is -2.82. The molecule has 1 fully saturated rings. The van der Waals surface area contributed by atoms with Crippen molar-refractivity contribution in [3.8, 4) is 0 Å². The first-order valence-corrected chi connectivity index (χ1v) is 11.1. The van der Waals surface area contributed by atoms with Crippen LogP contribution in [0, 0.1) is 0 Å². The van der Waals surface area contributed by atoms with Crippen LogP contribution in [0.4, 0.5) is 11.4 Å². The predicted octanol–water partition coefficient (Wildman–Crippen LogP) is 5.30. The lowest BCUT2D eigenvalue weighted by Gasteiger charge is -2.23. The molecule has 1 saturated heterocycles. The van der Waals surface area contributed by atoms with Gasteiger partial charge in [0.25, 0.3) is 5.91 Å². The van der Waals surface area contributed by atoms with Crippen LogP contribution >= 0.6 is 0 Å². The maximum atomic E-state index is 13.2. The molecule has 160 valence electrons. The van der Waals surface area contributed by atoms with Gasteiger partial charge in [-0.2, -0.15) is 0 Å². The van der Waals surface area contributed by atoms with Gasteiger partial charge in [-0.15, -0.1) is 0 Å². The minimum absolute atomic E-state index is 0.00128. The van der Waals surface area contributed by atoms with Crippen LogP contribution in [-0.4, -0.2) is 24.9 Å². The zero-order valence-corrected chi connectivity index (χ0v) is 18.1. The summed E-state index contributed by atoms with van der Waals surface area (Å²) in [6.45, 7) is 6.02. The number of carbonyl (C=O) groups is 2. The van der Waals surface area contributed by atoms with Crippen LogP contribution in [0.15, 0.2) is 48.5 Å². The van der Waals surface area contributed by atoms with E-state index in [1.165, 1.54) is 0 Å². The highest BCUT2D eigenvalue weighted by molar-refractivity contribution is 6.02. The SMILES string of the molecule is CCCCCC(=O)Nc1ccc(N2CCCC2)c(C(=O)NC(C)c2ccccc2)c1. The summed E-state index contributed by atoms with van der Waals surface area (Å²) in [6, 6.07) is 15.5. The second kappa shape index (κ2) is 10.8. The number of nitrogens with one attached hydrogen (secondary N) is 2. The number of amides is 2. The van der Waals surface area contributed by atoms with Gasteiger partial charge < -0.3 is 15.5 Å². The van der Waals surface area contributed by atoms with Crippen molar-refractivity contribution >= 4 is 23.2 Å². The van der Waals surface area contributed by atoms with Crippen molar-refractivity contribution < 1.29 is 9.59 Å². The van der Waals surface area contributed by atoms with E-state index in [2.05, 4.69) is 22.5 Å². The second-order valence-corrected chi connectivity index (χ2v) is 8.04. The molecule has 0 spiro atoms. The van der Waals surface area contributed by atoms with Crippen molar-refractivity contribution in [2.45, 2.75) is 58.4 Å². The van der Waals surface area contributed by atoms with Crippen LogP contribution in [0.2, 0.25) is 0 Å². The van der Waals surface area contributed by atoms with E-state index in [1.807, 2.05) is 55.5 Å². The van der Waals surface area contributed by atoms with E-state index in [-0.39, 0.29) is 17.9 Å². The van der Waals surface area contributed by atoms with Crippen LogP contribution in [0.1, 0.15) is 74.3 Å². The molecule has 2 aromatic carbocycles. The lowest BCUT2D eigenvalue weighted by molar-refractivity contribution is -0.116. The van der Waals surface area contributed by atoms with Crippen molar-refractivity contribution in [3.05, 3.63) is 59.7 Å². The first kappa shape index (κ1) is 21.9. The summed E-state index contributed by atoms with van der Waals surface area (Å²) in [5.41, 5.74) is 3.30. The van der Waals surface area contributed by atoms with Crippen LogP contribution in [0.5, 0.6) is 0 Å². The number of benzene rings is 2. The van der Waals surface area contributed by atoms with Crippen LogP contribution in [0.3, 0.4) is 0 Å². The summed E-state index contributed by atoms with van der Waals surface area (Å²) in [7, 11) is 0. The van der Waals surface area contributed by atoms with E-state index < -0.39 is 0 Å². The average Bonchev–Trinajstić information content (AvgIpc) is 3.29. The monoisotopic (exact) mass is 407 g/mol. The van der Waals surface area contributed by atoms with Gasteiger partial charge in [-0.25, -0.2) is 0 Å². The van der Waals surface area contributed by atoms with Crippen molar-refractivity contribution in [3.63, 3.8) is 0 Å². The molecule has 1 atom stereocenters. The largest absolute Gasteiger partial charge is 0.371 e. The molecule has 30 heavy (non-hydrogen) atoms. The standard InChI is InChI=1S/C25H33N3O2/c1-3-4-6-13-24(29)27-21-14-15-23(28-16-9-10-17-28)22(18-21)25(30)26-19(2)20-11-7-5-8-12-20/h5,7-8,11-12,14-15,18-19H,3-4,6,9-10,13,16-17H2,1-2H3,(H,26,30)(H,27,29). The minimum Gasteiger partial charge on any atom is -0.371 e. The van der Waals surface area contributed by atoms with Gasteiger partial charge in [0.05, 0.1) is 11.6 Å². The number of rotatable bonds is 9. The molecule has 5 heteroatoms. The highest BCUT2D eigenvalue weighted by atomic mass is 16.2. The van der Waals surface area contributed by atoms with E-state index in [0.717, 1.165) is 56.4 Å². The molecule has 2 N–H and O–H groups in total. The lowest BCUT2D eigenvalue weighted by atomic mass is 10.1. The fourth-order valence-corrected chi connectivity index (χ4v) is 3.89. The first-order valence-electron chi connectivity index (χ1n) is 11.1. The van der Waals surface area contributed by atoms with Crippen molar-refractivity contribution in [1.82, 2.24) is 5.32 Å². The van der Waals surface area contributed by atoms with Crippen LogP contribution < -0.4 is 15.5 Å². The van der Waals surface area contributed by atoms with E-state index in [9.17, 15) is 9.59 Å². The Balaban J connectivity index is 1.78. The van der Waals surface area contributed by atoms with E-state index >= 15 is 0 Å². The summed E-state index contributed by atoms with van der Waals surface area (Å²) >= 11 is 0. The molecule has 0 aromatic heterocycles. The normalized spacial score (nSPS) is 14.4. The lowest BCUT2D eigenvalue weighted by Crippen LogP contribution is -2.29. The Bertz CT molecular complexity index is 845. The van der Waals surface area contributed by atoms with Crippen molar-refractivity contribution in [1.29, 1.82) is 0 Å². The predicted molar refractivity (Wildman–Crippen MR) is 123 cm³/mol. The van der Waals surface area contributed by atoms with Gasteiger partial charge in [0.1, 0.15) is 0 Å². The molecule has 0 saturated carbocycles. The molecule has 2 amide bonds. The summed E-state index contributed by atoms with van der Waals surface area (Å²) in [5.74, 6) is -0.114. The van der Waals surface area contributed by atoms with Gasteiger partial charge in [0.2, 0.25) is 5.91 Å². The third-order valence-electron chi connectivity index (χ3n) is 5.63. The number of nitrogens with zero attached hydrogens (tertiary/aromatic N) is 1. The molecule has 1 aliphatic heterocycles. The summed E-state index contributed by atoms with van der Waals surface area (Å²) < 4.78 is 0. The topological polar surface area (TPSA) is 61.4 Å². The fraction of sp³-hybridized carbons (Fsp3) is 0.440. The highest BCUT2D eigenvalue weighted by Crippen LogP contribution is 2.28. The maximum absolute atomic E-state index is 13.2. The van der Waals surface area contributed by atoms with E-state index in [4.69, 9.17) is 0 Å². The highest BCUT2D eigenvalue weighted by Gasteiger charge is 2.21. The Kier molecular flexibility index (Phi) is 7.89. The molecule has 0 bridgehead atoms. The quantitative estimate of drug-likeness (QED) is 0.555. The van der Waals surface area contributed by atoms with Gasteiger partial charge in [0, 0.05) is 30.9 Å². The summed E-state index contributed by atoms with van der Waals surface area (Å²) in [4.78, 5) is 27.7. The smallest absolute Gasteiger partial charge is 0.253 e. The molecule has 0 radical (unpaired) electrons. The Morgan fingerprint density at radius 1 is 1.03 bits per heavy atom. The molecule has 1 heterocycles. The maximum Gasteiger partial charge on any atom is 0.253 e. The minimum atomic E-state index is -0.115. The molecular weight excluding hydrogens is 374 g/mol. The molecule has 1 unspecified atom stereocenters. The Morgan fingerprint density at radius 3 is 2.47 bits per heavy atom. The third-order valence-corrected chi connectivity index (χ3v) is 5.63. The average molecular weight is 408 g/mol. The number of unbranched alkanes of at least 4 members (excludes halogenated alkanes) is 2. The summed E-state index contributed by atoms with van der Waals surface area (Å²) in [6.07, 6.45) is 5.80. The van der Waals surface area contributed by atoms with Crippen molar-refractivity contribution in [2.24, 2.45) is 0 Å². The van der Waals surface area contributed by atoms with Gasteiger partial charge >= 0.3 is 0 Å². The van der Waals surface area contributed by atoms with E-state index in [1.54, 1.807) is 0 Å². The Morgan fingerprint density at radius 2 is 1.77 bits per heavy atom. The van der Waals surface area contributed by atoms with Crippen LogP contribution in [0.25, 0.3) is 0 Å². The van der Waals surface area contributed by atoms with Gasteiger partial charge in [-0.05, 0) is 49.9 Å².